The average Bonchev–Trinajstić information content (AvgIpc) is 3.02. The number of piperidine rings is 1. The van der Waals surface area contributed by atoms with Crippen LogP contribution in [0.2, 0.25) is 0 Å². The summed E-state index contributed by atoms with van der Waals surface area (Å²) in [4.78, 5) is 0.386. The molecule has 27 heavy (non-hydrogen) atoms. The third-order valence-electron chi connectivity index (χ3n) is 6.00. The van der Waals surface area contributed by atoms with Crippen molar-refractivity contribution in [2.75, 3.05) is 31.9 Å². The Balaban J connectivity index is 1.71. The molecule has 0 aromatic heterocycles. The molecule has 0 N–H and O–H groups in total. The molecule has 152 valence electrons. The molecule has 0 unspecified atom stereocenters. The van der Waals surface area contributed by atoms with E-state index >= 15 is 0 Å². The van der Waals surface area contributed by atoms with Gasteiger partial charge in [-0.3, -0.25) is 0 Å². The molecular weight excluding hydrogens is 384 g/mol. The standard InChI is InChI=1S/C19H30N2O4S2/c1-4-13-26(22,23)21-12-9-19(15-21)7-10-20(11-8-19)27(24,25)18-14-16(2)5-6-17(18)3/h5-6,14H,4,7-13,15H2,1-3H3. The number of aryl methyl sites for hydroxylation is 2. The monoisotopic (exact) mass is 414 g/mol. The first-order chi connectivity index (χ1) is 12.6. The minimum atomic E-state index is -3.51. The Kier molecular flexibility index (Phi) is 5.74. The van der Waals surface area contributed by atoms with Crippen LogP contribution >= 0.6 is 0 Å². The highest BCUT2D eigenvalue weighted by Crippen LogP contribution is 2.42. The van der Waals surface area contributed by atoms with Crippen LogP contribution < -0.4 is 0 Å². The van der Waals surface area contributed by atoms with Gasteiger partial charge in [-0.1, -0.05) is 19.1 Å². The van der Waals surface area contributed by atoms with E-state index in [4.69, 9.17) is 0 Å². The summed E-state index contributed by atoms with van der Waals surface area (Å²) < 4.78 is 54.1. The van der Waals surface area contributed by atoms with Gasteiger partial charge in [0.1, 0.15) is 0 Å². The number of benzene rings is 1. The zero-order chi connectivity index (χ0) is 19.9. The van der Waals surface area contributed by atoms with Crippen molar-refractivity contribution in [1.82, 2.24) is 8.61 Å². The molecule has 2 aliphatic heterocycles. The number of sulfonamides is 2. The van der Waals surface area contributed by atoms with E-state index in [-0.39, 0.29) is 11.2 Å². The van der Waals surface area contributed by atoms with Crippen molar-refractivity contribution >= 4 is 20.0 Å². The second-order valence-electron chi connectivity index (χ2n) is 8.07. The minimum Gasteiger partial charge on any atom is -0.212 e. The SMILES string of the molecule is CCCS(=O)(=O)N1CCC2(CCN(S(=O)(=O)c3cc(C)ccc3C)CC2)C1. The molecule has 2 aliphatic rings. The van der Waals surface area contributed by atoms with Gasteiger partial charge in [0.25, 0.3) is 0 Å². The van der Waals surface area contributed by atoms with E-state index in [1.54, 1.807) is 14.7 Å². The molecule has 8 heteroatoms. The fourth-order valence-corrected chi connectivity index (χ4v) is 7.62. The molecule has 0 radical (unpaired) electrons. The van der Waals surface area contributed by atoms with Crippen LogP contribution in [-0.2, 0) is 20.0 Å². The first-order valence-corrected chi connectivity index (χ1v) is 12.7. The Morgan fingerprint density at radius 3 is 2.15 bits per heavy atom. The summed E-state index contributed by atoms with van der Waals surface area (Å²) in [5, 5.41) is 0. The maximum atomic E-state index is 13.1. The first-order valence-electron chi connectivity index (χ1n) is 9.65. The second-order valence-corrected chi connectivity index (χ2v) is 12.1. The van der Waals surface area contributed by atoms with E-state index in [0.717, 1.165) is 30.4 Å². The van der Waals surface area contributed by atoms with Gasteiger partial charge in [0.15, 0.2) is 0 Å². The molecule has 0 amide bonds. The summed E-state index contributed by atoms with van der Waals surface area (Å²) in [7, 11) is -6.69. The van der Waals surface area contributed by atoms with Crippen molar-refractivity contribution in [1.29, 1.82) is 0 Å². The minimum absolute atomic E-state index is 0.0749. The fraction of sp³-hybridized carbons (Fsp3) is 0.684. The lowest BCUT2D eigenvalue weighted by molar-refractivity contribution is 0.167. The van der Waals surface area contributed by atoms with Gasteiger partial charge in [-0.15, -0.1) is 0 Å². The van der Waals surface area contributed by atoms with Crippen molar-refractivity contribution in [3.8, 4) is 0 Å². The van der Waals surface area contributed by atoms with Gasteiger partial charge in [0.2, 0.25) is 20.0 Å². The van der Waals surface area contributed by atoms with Crippen molar-refractivity contribution < 1.29 is 16.8 Å². The molecule has 0 bridgehead atoms. The summed E-state index contributed by atoms with van der Waals surface area (Å²) in [6, 6.07) is 5.51. The average molecular weight is 415 g/mol. The van der Waals surface area contributed by atoms with Crippen LogP contribution in [0, 0.1) is 19.3 Å². The van der Waals surface area contributed by atoms with Crippen molar-refractivity contribution in [2.24, 2.45) is 5.41 Å². The summed E-state index contributed by atoms with van der Waals surface area (Å²) in [6.07, 6.45) is 2.88. The van der Waals surface area contributed by atoms with E-state index in [1.807, 2.05) is 32.9 Å². The van der Waals surface area contributed by atoms with E-state index in [2.05, 4.69) is 0 Å². The summed E-state index contributed by atoms with van der Waals surface area (Å²) in [6.45, 7) is 7.60. The van der Waals surface area contributed by atoms with E-state index < -0.39 is 20.0 Å². The zero-order valence-corrected chi connectivity index (χ0v) is 18.1. The van der Waals surface area contributed by atoms with Crippen LogP contribution in [0.3, 0.4) is 0 Å². The van der Waals surface area contributed by atoms with Crippen LogP contribution in [0.25, 0.3) is 0 Å². The Morgan fingerprint density at radius 1 is 0.963 bits per heavy atom. The molecule has 1 spiro atoms. The Morgan fingerprint density at radius 2 is 1.56 bits per heavy atom. The third kappa shape index (κ3) is 4.09. The van der Waals surface area contributed by atoms with Crippen LogP contribution in [0.5, 0.6) is 0 Å². The van der Waals surface area contributed by atoms with Gasteiger partial charge < -0.3 is 0 Å². The molecule has 2 saturated heterocycles. The molecule has 1 aromatic rings. The number of hydrogen-bond acceptors (Lipinski definition) is 4. The second kappa shape index (κ2) is 7.46. The smallest absolute Gasteiger partial charge is 0.212 e. The molecule has 2 heterocycles. The van der Waals surface area contributed by atoms with Gasteiger partial charge in [-0.05, 0) is 62.1 Å². The quantitative estimate of drug-likeness (QED) is 0.742. The zero-order valence-electron chi connectivity index (χ0n) is 16.4. The summed E-state index contributed by atoms with van der Waals surface area (Å²) >= 11 is 0. The Labute approximate surface area is 163 Å². The molecule has 3 rings (SSSR count). The van der Waals surface area contributed by atoms with E-state index in [1.165, 1.54) is 0 Å². The van der Waals surface area contributed by atoms with Crippen molar-refractivity contribution in [2.45, 2.75) is 51.3 Å². The van der Waals surface area contributed by atoms with Gasteiger partial charge in [0.05, 0.1) is 10.6 Å². The normalized spacial score (nSPS) is 21.7. The number of rotatable bonds is 5. The Bertz CT molecular complexity index is 902. The van der Waals surface area contributed by atoms with Crippen molar-refractivity contribution in [3.05, 3.63) is 29.3 Å². The maximum Gasteiger partial charge on any atom is 0.243 e. The molecular formula is C19H30N2O4S2. The first kappa shape index (κ1) is 20.8. The molecule has 0 aliphatic carbocycles. The van der Waals surface area contributed by atoms with E-state index in [9.17, 15) is 16.8 Å². The topological polar surface area (TPSA) is 74.8 Å². The largest absolute Gasteiger partial charge is 0.243 e. The third-order valence-corrected chi connectivity index (χ3v) is 10.1. The van der Waals surface area contributed by atoms with Crippen LogP contribution in [0.15, 0.2) is 23.1 Å². The maximum absolute atomic E-state index is 13.1. The van der Waals surface area contributed by atoms with Crippen molar-refractivity contribution in [3.63, 3.8) is 0 Å². The van der Waals surface area contributed by atoms with Gasteiger partial charge in [-0.25, -0.2) is 21.1 Å². The van der Waals surface area contributed by atoms with E-state index in [0.29, 0.717) is 37.5 Å². The number of nitrogens with zero attached hydrogens (tertiary/aromatic N) is 2. The molecule has 0 atom stereocenters. The lowest BCUT2D eigenvalue weighted by atomic mass is 9.78. The fourth-order valence-electron chi connectivity index (χ4n) is 4.25. The lowest BCUT2D eigenvalue weighted by Crippen LogP contribution is -2.44. The Hall–Kier alpha value is -0.960. The predicted molar refractivity (Wildman–Crippen MR) is 107 cm³/mol. The van der Waals surface area contributed by atoms with Crippen LogP contribution in [-0.4, -0.2) is 57.4 Å². The summed E-state index contributed by atoms with van der Waals surface area (Å²) in [5.41, 5.74) is 1.62. The molecule has 2 fully saturated rings. The molecule has 0 saturated carbocycles. The lowest BCUT2D eigenvalue weighted by Gasteiger charge is -2.38. The number of hydrogen-bond donors (Lipinski definition) is 0. The predicted octanol–water partition coefficient (Wildman–Crippen LogP) is 2.52. The van der Waals surface area contributed by atoms with Crippen LogP contribution in [0.4, 0.5) is 0 Å². The van der Waals surface area contributed by atoms with Gasteiger partial charge in [-0.2, -0.15) is 4.31 Å². The highest BCUT2D eigenvalue weighted by Gasteiger charge is 2.45. The van der Waals surface area contributed by atoms with Crippen LogP contribution in [0.1, 0.15) is 43.7 Å². The highest BCUT2D eigenvalue weighted by molar-refractivity contribution is 7.89. The summed E-state index contributed by atoms with van der Waals surface area (Å²) in [5.74, 6) is 0.191. The van der Waals surface area contributed by atoms with Gasteiger partial charge >= 0.3 is 0 Å². The van der Waals surface area contributed by atoms with Gasteiger partial charge in [0, 0.05) is 26.2 Å². The molecule has 6 nitrogen and oxygen atoms in total. The highest BCUT2D eigenvalue weighted by atomic mass is 32.2. The molecule has 1 aromatic carbocycles.